The van der Waals surface area contributed by atoms with Crippen molar-refractivity contribution in [1.82, 2.24) is 20.3 Å². The molecule has 1 aromatic rings. The Morgan fingerprint density at radius 3 is 2.65 bits per heavy atom. The lowest BCUT2D eigenvalue weighted by atomic mass is 10.2. The zero-order valence-electron chi connectivity index (χ0n) is 13.2. The van der Waals surface area contributed by atoms with Crippen molar-refractivity contribution >= 4 is 30.7 Å². The largest absolute Gasteiger partial charge is 0.378 e. The molecule has 2 aliphatic heterocycles. The van der Waals surface area contributed by atoms with E-state index in [1.165, 1.54) is 0 Å². The quantitative estimate of drug-likeness (QED) is 0.837. The molecule has 0 aliphatic carbocycles. The first kappa shape index (κ1) is 20.2. The van der Waals surface area contributed by atoms with Crippen LogP contribution in [-0.2, 0) is 16.1 Å². The lowest BCUT2D eigenvalue weighted by Gasteiger charge is -2.36. The van der Waals surface area contributed by atoms with E-state index in [1.54, 1.807) is 0 Å². The maximum absolute atomic E-state index is 12.4. The number of hydrogen-bond acceptors (Lipinski definition) is 6. The minimum atomic E-state index is -0.178. The monoisotopic (exact) mass is 366 g/mol. The Morgan fingerprint density at radius 2 is 2.09 bits per heavy atom. The van der Waals surface area contributed by atoms with Crippen LogP contribution < -0.4 is 5.32 Å². The number of rotatable bonds is 3. The SMILES string of the molecule is Cc1cc(CN2CCN(C(=O)C3COCCN3)CC2)on1.Cl.Cl. The predicted octanol–water partition coefficient (Wildman–Crippen LogP) is 0.459. The lowest BCUT2D eigenvalue weighted by molar-refractivity contribution is -0.138. The van der Waals surface area contributed by atoms with Crippen LogP contribution in [0.4, 0.5) is 0 Å². The number of nitrogens with one attached hydrogen (secondary N) is 1. The highest BCUT2D eigenvalue weighted by molar-refractivity contribution is 5.85. The van der Waals surface area contributed by atoms with E-state index in [4.69, 9.17) is 9.26 Å². The smallest absolute Gasteiger partial charge is 0.242 e. The Labute approximate surface area is 148 Å². The molecule has 0 spiro atoms. The number of piperazine rings is 1. The number of amides is 1. The molecule has 1 N–H and O–H groups in total. The van der Waals surface area contributed by atoms with E-state index in [-0.39, 0.29) is 36.8 Å². The van der Waals surface area contributed by atoms with Gasteiger partial charge in [0.15, 0.2) is 5.76 Å². The Morgan fingerprint density at radius 1 is 1.35 bits per heavy atom. The zero-order chi connectivity index (χ0) is 14.7. The molecule has 3 heterocycles. The average Bonchev–Trinajstić information content (AvgIpc) is 2.93. The molecule has 0 radical (unpaired) electrons. The summed E-state index contributed by atoms with van der Waals surface area (Å²) in [5.74, 6) is 1.04. The van der Waals surface area contributed by atoms with Gasteiger partial charge in [-0.25, -0.2) is 0 Å². The topological polar surface area (TPSA) is 70.8 Å². The van der Waals surface area contributed by atoms with Gasteiger partial charge < -0.3 is 19.5 Å². The molecule has 1 atom stereocenters. The number of aromatic nitrogens is 1. The maximum atomic E-state index is 12.4. The van der Waals surface area contributed by atoms with Crippen molar-refractivity contribution < 1.29 is 14.1 Å². The van der Waals surface area contributed by atoms with Crippen LogP contribution in [0.2, 0.25) is 0 Å². The second kappa shape index (κ2) is 9.44. The van der Waals surface area contributed by atoms with Crippen molar-refractivity contribution in [1.29, 1.82) is 0 Å². The van der Waals surface area contributed by atoms with Gasteiger partial charge >= 0.3 is 0 Å². The van der Waals surface area contributed by atoms with Gasteiger partial charge in [0.05, 0.1) is 25.5 Å². The van der Waals surface area contributed by atoms with Crippen molar-refractivity contribution in [2.45, 2.75) is 19.5 Å². The fraction of sp³-hybridized carbons (Fsp3) is 0.714. The molecule has 1 aromatic heterocycles. The standard InChI is InChI=1S/C14H22N4O3.2ClH/c1-11-8-12(21-16-11)9-17-3-5-18(6-4-17)14(19)13-10-20-7-2-15-13;;/h8,13,15H,2-7,9-10H2,1H3;2*1H. The number of morpholine rings is 1. The Balaban J connectivity index is 0.00000132. The van der Waals surface area contributed by atoms with Crippen LogP contribution >= 0.6 is 24.8 Å². The lowest BCUT2D eigenvalue weighted by Crippen LogP contribution is -2.56. The fourth-order valence-corrected chi connectivity index (χ4v) is 2.78. The van der Waals surface area contributed by atoms with Crippen LogP contribution in [0.1, 0.15) is 11.5 Å². The average molecular weight is 367 g/mol. The van der Waals surface area contributed by atoms with Gasteiger partial charge in [0.1, 0.15) is 6.04 Å². The van der Waals surface area contributed by atoms with Crippen molar-refractivity contribution in [3.8, 4) is 0 Å². The molecular formula is C14H24Cl2N4O3. The summed E-state index contributed by atoms with van der Waals surface area (Å²) >= 11 is 0. The molecule has 0 saturated carbocycles. The van der Waals surface area contributed by atoms with E-state index in [2.05, 4.69) is 15.4 Å². The normalized spacial score (nSPS) is 22.1. The molecule has 2 fully saturated rings. The third-order valence-corrected chi connectivity index (χ3v) is 3.96. The molecule has 2 aliphatic rings. The molecule has 23 heavy (non-hydrogen) atoms. The summed E-state index contributed by atoms with van der Waals surface area (Å²) < 4.78 is 10.6. The third-order valence-electron chi connectivity index (χ3n) is 3.96. The first-order valence-electron chi connectivity index (χ1n) is 7.47. The first-order chi connectivity index (χ1) is 10.2. The molecule has 7 nitrogen and oxygen atoms in total. The summed E-state index contributed by atoms with van der Waals surface area (Å²) in [7, 11) is 0. The molecule has 0 aromatic carbocycles. The van der Waals surface area contributed by atoms with Crippen molar-refractivity contribution in [3.05, 3.63) is 17.5 Å². The summed E-state index contributed by atoms with van der Waals surface area (Å²) in [6, 6.07) is 1.78. The molecule has 132 valence electrons. The highest BCUT2D eigenvalue weighted by Crippen LogP contribution is 2.11. The number of nitrogens with zero attached hydrogens (tertiary/aromatic N) is 3. The highest BCUT2D eigenvalue weighted by atomic mass is 35.5. The number of hydrogen-bond donors (Lipinski definition) is 1. The van der Waals surface area contributed by atoms with Crippen LogP contribution in [0.3, 0.4) is 0 Å². The van der Waals surface area contributed by atoms with Gasteiger partial charge in [0, 0.05) is 38.8 Å². The van der Waals surface area contributed by atoms with Gasteiger partial charge in [-0.3, -0.25) is 9.69 Å². The van der Waals surface area contributed by atoms with Crippen LogP contribution in [0.15, 0.2) is 10.6 Å². The van der Waals surface area contributed by atoms with Crippen LogP contribution in [-0.4, -0.2) is 72.8 Å². The summed E-state index contributed by atoms with van der Waals surface area (Å²) in [5.41, 5.74) is 0.905. The third kappa shape index (κ3) is 5.32. The van der Waals surface area contributed by atoms with E-state index in [0.717, 1.165) is 50.7 Å². The Kier molecular flexibility index (Phi) is 8.28. The number of aryl methyl sites for hydroxylation is 1. The van der Waals surface area contributed by atoms with Crippen LogP contribution in [0, 0.1) is 6.92 Å². The number of halogens is 2. The van der Waals surface area contributed by atoms with Crippen LogP contribution in [0.5, 0.6) is 0 Å². The predicted molar refractivity (Wildman–Crippen MR) is 90.2 cm³/mol. The summed E-state index contributed by atoms with van der Waals surface area (Å²) in [6.07, 6.45) is 0. The van der Waals surface area contributed by atoms with Crippen molar-refractivity contribution in [2.75, 3.05) is 45.9 Å². The van der Waals surface area contributed by atoms with Gasteiger partial charge in [-0.1, -0.05) is 5.16 Å². The minimum absolute atomic E-state index is 0. The summed E-state index contributed by atoms with van der Waals surface area (Å²) in [5, 5.41) is 7.11. The zero-order valence-corrected chi connectivity index (χ0v) is 14.8. The molecule has 9 heteroatoms. The van der Waals surface area contributed by atoms with Gasteiger partial charge in [-0.15, -0.1) is 24.8 Å². The van der Waals surface area contributed by atoms with E-state index in [9.17, 15) is 4.79 Å². The fourth-order valence-electron chi connectivity index (χ4n) is 2.78. The second-order valence-corrected chi connectivity index (χ2v) is 5.62. The Hall–Kier alpha value is -0.860. The molecular weight excluding hydrogens is 343 g/mol. The molecule has 2 saturated heterocycles. The Bertz CT molecular complexity index is 486. The van der Waals surface area contributed by atoms with Crippen molar-refractivity contribution in [2.24, 2.45) is 0 Å². The number of carbonyl (C=O) groups excluding carboxylic acids is 1. The summed E-state index contributed by atoms with van der Waals surface area (Å²) in [6.45, 7) is 7.83. The van der Waals surface area contributed by atoms with E-state index in [0.29, 0.717) is 13.2 Å². The van der Waals surface area contributed by atoms with Crippen LogP contribution in [0.25, 0.3) is 0 Å². The van der Waals surface area contributed by atoms with Gasteiger partial charge in [-0.05, 0) is 6.92 Å². The van der Waals surface area contributed by atoms with E-state index < -0.39 is 0 Å². The number of ether oxygens (including phenoxy) is 1. The minimum Gasteiger partial charge on any atom is -0.378 e. The summed E-state index contributed by atoms with van der Waals surface area (Å²) in [4.78, 5) is 16.6. The first-order valence-corrected chi connectivity index (χ1v) is 7.47. The highest BCUT2D eigenvalue weighted by Gasteiger charge is 2.28. The maximum Gasteiger partial charge on any atom is 0.242 e. The molecule has 1 unspecified atom stereocenters. The van der Waals surface area contributed by atoms with Gasteiger partial charge in [0.25, 0.3) is 0 Å². The van der Waals surface area contributed by atoms with Crippen molar-refractivity contribution in [3.63, 3.8) is 0 Å². The number of carbonyl (C=O) groups is 1. The molecule has 1 amide bonds. The molecule has 0 bridgehead atoms. The second-order valence-electron chi connectivity index (χ2n) is 5.62. The molecule has 3 rings (SSSR count). The van der Waals surface area contributed by atoms with Gasteiger partial charge in [-0.2, -0.15) is 0 Å². The van der Waals surface area contributed by atoms with Gasteiger partial charge in [0.2, 0.25) is 5.91 Å². The van der Waals surface area contributed by atoms with E-state index in [1.807, 2.05) is 17.9 Å². The van der Waals surface area contributed by atoms with E-state index >= 15 is 0 Å².